The minimum absolute atomic E-state index is 0.106. The lowest BCUT2D eigenvalue weighted by molar-refractivity contribution is 0.332. The van der Waals surface area contributed by atoms with Crippen molar-refractivity contribution in [2.24, 2.45) is 17.6 Å². The van der Waals surface area contributed by atoms with Crippen molar-refractivity contribution in [3.05, 3.63) is 11.7 Å². The summed E-state index contributed by atoms with van der Waals surface area (Å²) in [6, 6.07) is -0.106. The molecule has 0 aliphatic heterocycles. The number of hydrogen-bond acceptors (Lipinski definition) is 4. The highest BCUT2D eigenvalue weighted by Crippen LogP contribution is 2.32. The molecule has 1 saturated carbocycles. The number of hydrogen-bond donors (Lipinski definition) is 1. The largest absolute Gasteiger partial charge is 0.338 e. The Balaban J connectivity index is 1.92. The second-order valence-electron chi connectivity index (χ2n) is 4.93. The molecular weight excluding hydrogens is 190 g/mol. The fraction of sp³-hybridized carbons (Fsp3) is 0.818. The lowest BCUT2D eigenvalue weighted by Gasteiger charge is -2.08. The molecule has 1 aromatic rings. The first-order valence-corrected chi connectivity index (χ1v) is 5.73. The molecule has 0 amide bonds. The molecule has 1 atom stereocenters. The number of rotatable bonds is 5. The average Bonchev–Trinajstić information content (AvgIpc) is 2.80. The van der Waals surface area contributed by atoms with Gasteiger partial charge in [0, 0.05) is 6.42 Å². The molecule has 1 aliphatic carbocycles. The van der Waals surface area contributed by atoms with E-state index in [2.05, 4.69) is 24.0 Å². The summed E-state index contributed by atoms with van der Waals surface area (Å²) in [4.78, 5) is 4.34. The first-order valence-electron chi connectivity index (χ1n) is 5.73. The van der Waals surface area contributed by atoms with Gasteiger partial charge in [-0.1, -0.05) is 19.0 Å². The van der Waals surface area contributed by atoms with Gasteiger partial charge in [-0.05, 0) is 31.1 Å². The molecular formula is C11H19N3O. The maximum atomic E-state index is 5.96. The average molecular weight is 209 g/mol. The molecule has 0 saturated heterocycles. The van der Waals surface area contributed by atoms with Crippen molar-refractivity contribution < 1.29 is 4.52 Å². The van der Waals surface area contributed by atoms with Gasteiger partial charge in [0.2, 0.25) is 5.89 Å². The topological polar surface area (TPSA) is 64.9 Å². The van der Waals surface area contributed by atoms with E-state index in [1.54, 1.807) is 0 Å². The van der Waals surface area contributed by atoms with Crippen LogP contribution in [0.1, 0.15) is 50.9 Å². The van der Waals surface area contributed by atoms with Gasteiger partial charge in [0.1, 0.15) is 0 Å². The highest BCUT2D eigenvalue weighted by Gasteiger charge is 2.25. The predicted molar refractivity (Wildman–Crippen MR) is 57.1 cm³/mol. The predicted octanol–water partition coefficient (Wildman–Crippen LogP) is 2.07. The van der Waals surface area contributed by atoms with Gasteiger partial charge in [-0.15, -0.1) is 0 Å². The molecule has 0 bridgehead atoms. The summed E-state index contributed by atoms with van der Waals surface area (Å²) in [5.74, 6) is 2.77. The Labute approximate surface area is 90.2 Å². The van der Waals surface area contributed by atoms with Crippen LogP contribution >= 0.6 is 0 Å². The third-order valence-corrected chi connectivity index (χ3v) is 2.69. The number of nitrogens with zero attached hydrogens (tertiary/aromatic N) is 2. The van der Waals surface area contributed by atoms with Crippen LogP contribution in [0.5, 0.6) is 0 Å². The Kier molecular flexibility index (Phi) is 3.05. The Bertz CT molecular complexity index is 317. The summed E-state index contributed by atoms with van der Waals surface area (Å²) in [6.07, 6.45) is 4.47. The molecule has 2 N–H and O–H groups in total. The Morgan fingerprint density at radius 3 is 2.80 bits per heavy atom. The van der Waals surface area contributed by atoms with Gasteiger partial charge in [0.15, 0.2) is 5.82 Å². The summed E-state index contributed by atoms with van der Waals surface area (Å²) in [5, 5.41) is 3.96. The molecule has 15 heavy (non-hydrogen) atoms. The maximum absolute atomic E-state index is 5.96. The smallest absolute Gasteiger partial charge is 0.243 e. The molecule has 4 heteroatoms. The fourth-order valence-corrected chi connectivity index (χ4v) is 1.69. The Morgan fingerprint density at radius 2 is 2.20 bits per heavy atom. The molecule has 0 spiro atoms. The Hall–Kier alpha value is -0.900. The SMILES string of the molecule is CC(C)C[C@@H](N)c1nc(CC2CC2)no1. The van der Waals surface area contributed by atoms with Gasteiger partial charge in [-0.3, -0.25) is 0 Å². The van der Waals surface area contributed by atoms with E-state index in [0.29, 0.717) is 11.8 Å². The van der Waals surface area contributed by atoms with E-state index >= 15 is 0 Å². The molecule has 1 aromatic heterocycles. The van der Waals surface area contributed by atoms with Crippen molar-refractivity contribution in [1.29, 1.82) is 0 Å². The molecule has 0 unspecified atom stereocenters. The van der Waals surface area contributed by atoms with E-state index in [-0.39, 0.29) is 6.04 Å². The van der Waals surface area contributed by atoms with Crippen LogP contribution in [0, 0.1) is 11.8 Å². The lowest BCUT2D eigenvalue weighted by atomic mass is 10.0. The summed E-state index contributed by atoms with van der Waals surface area (Å²) in [6.45, 7) is 4.28. The van der Waals surface area contributed by atoms with Gasteiger partial charge < -0.3 is 10.3 Å². The third kappa shape index (κ3) is 3.02. The molecule has 84 valence electrons. The van der Waals surface area contributed by atoms with E-state index in [1.807, 2.05) is 0 Å². The summed E-state index contributed by atoms with van der Waals surface area (Å²) >= 11 is 0. The van der Waals surface area contributed by atoms with Crippen molar-refractivity contribution in [3.8, 4) is 0 Å². The van der Waals surface area contributed by atoms with E-state index in [9.17, 15) is 0 Å². The van der Waals surface area contributed by atoms with Crippen molar-refractivity contribution in [2.75, 3.05) is 0 Å². The van der Waals surface area contributed by atoms with Crippen molar-refractivity contribution in [2.45, 2.75) is 45.6 Å². The van der Waals surface area contributed by atoms with Crippen LogP contribution in [0.15, 0.2) is 4.52 Å². The Morgan fingerprint density at radius 1 is 1.47 bits per heavy atom. The third-order valence-electron chi connectivity index (χ3n) is 2.69. The molecule has 0 radical (unpaired) electrons. The second kappa shape index (κ2) is 4.31. The molecule has 1 aliphatic rings. The minimum Gasteiger partial charge on any atom is -0.338 e. The molecule has 0 aromatic carbocycles. The first-order chi connectivity index (χ1) is 7.15. The van der Waals surface area contributed by atoms with Crippen LogP contribution in [-0.4, -0.2) is 10.1 Å². The molecule has 4 nitrogen and oxygen atoms in total. The zero-order chi connectivity index (χ0) is 10.8. The van der Waals surface area contributed by atoms with Crippen LogP contribution in [0.4, 0.5) is 0 Å². The van der Waals surface area contributed by atoms with Gasteiger partial charge in [-0.25, -0.2) is 0 Å². The quantitative estimate of drug-likeness (QED) is 0.806. The highest BCUT2D eigenvalue weighted by molar-refractivity contribution is 4.95. The van der Waals surface area contributed by atoms with Gasteiger partial charge >= 0.3 is 0 Å². The lowest BCUT2D eigenvalue weighted by Crippen LogP contribution is -2.13. The summed E-state index contributed by atoms with van der Waals surface area (Å²) in [5.41, 5.74) is 5.96. The highest BCUT2D eigenvalue weighted by atomic mass is 16.5. The van der Waals surface area contributed by atoms with Crippen LogP contribution < -0.4 is 5.73 Å². The maximum Gasteiger partial charge on any atom is 0.243 e. The van der Waals surface area contributed by atoms with Gasteiger partial charge in [-0.2, -0.15) is 4.98 Å². The normalized spacial score (nSPS) is 18.4. The van der Waals surface area contributed by atoms with Crippen LogP contribution in [-0.2, 0) is 6.42 Å². The standard InChI is InChI=1S/C11H19N3O/c1-7(2)5-9(12)11-13-10(14-15-11)6-8-3-4-8/h7-9H,3-6,12H2,1-2H3/t9-/m1/s1. The molecule has 1 fully saturated rings. The van der Waals surface area contributed by atoms with Gasteiger partial charge in [0.05, 0.1) is 6.04 Å². The summed E-state index contributed by atoms with van der Waals surface area (Å²) < 4.78 is 5.17. The van der Waals surface area contributed by atoms with E-state index < -0.39 is 0 Å². The zero-order valence-electron chi connectivity index (χ0n) is 9.44. The van der Waals surface area contributed by atoms with Gasteiger partial charge in [0.25, 0.3) is 0 Å². The first kappa shape index (κ1) is 10.6. The number of aromatic nitrogens is 2. The van der Waals surface area contributed by atoms with Crippen molar-refractivity contribution in [3.63, 3.8) is 0 Å². The van der Waals surface area contributed by atoms with E-state index in [0.717, 1.165) is 24.6 Å². The van der Waals surface area contributed by atoms with Crippen LogP contribution in [0.3, 0.4) is 0 Å². The van der Waals surface area contributed by atoms with Crippen LogP contribution in [0.25, 0.3) is 0 Å². The molecule has 2 rings (SSSR count). The van der Waals surface area contributed by atoms with Crippen molar-refractivity contribution in [1.82, 2.24) is 10.1 Å². The monoisotopic (exact) mass is 209 g/mol. The number of nitrogens with two attached hydrogens (primary N) is 1. The minimum atomic E-state index is -0.106. The van der Waals surface area contributed by atoms with Crippen LogP contribution in [0.2, 0.25) is 0 Å². The second-order valence-corrected chi connectivity index (χ2v) is 4.93. The van der Waals surface area contributed by atoms with E-state index in [4.69, 9.17) is 10.3 Å². The van der Waals surface area contributed by atoms with E-state index in [1.165, 1.54) is 12.8 Å². The molecule has 1 heterocycles. The zero-order valence-corrected chi connectivity index (χ0v) is 9.44. The van der Waals surface area contributed by atoms with Crippen molar-refractivity contribution >= 4 is 0 Å². The fourth-order valence-electron chi connectivity index (χ4n) is 1.69. The summed E-state index contributed by atoms with van der Waals surface area (Å²) in [7, 11) is 0.